The molecule has 0 aromatic carbocycles. The van der Waals surface area contributed by atoms with Gasteiger partial charge in [-0.2, -0.15) is 0 Å². The molecule has 0 radical (unpaired) electrons. The van der Waals surface area contributed by atoms with Crippen LogP contribution in [0.1, 0.15) is 284 Å². The largest absolute Gasteiger partial charge is 0.466 e. The van der Waals surface area contributed by atoms with Crippen molar-refractivity contribution in [3.05, 3.63) is 12.2 Å². The molecule has 0 saturated carbocycles. The Hall–Kier alpha value is -1.40. The van der Waals surface area contributed by atoms with Gasteiger partial charge in [-0.25, -0.2) is 0 Å². The molecule has 0 fully saturated rings. The first-order valence-electron chi connectivity index (χ1n) is 26.0. The summed E-state index contributed by atoms with van der Waals surface area (Å²) >= 11 is 0. The zero-order valence-electron chi connectivity index (χ0n) is 39.0. The van der Waals surface area contributed by atoms with Gasteiger partial charge in [-0.3, -0.25) is 9.59 Å². The molecule has 6 nitrogen and oxygen atoms in total. The summed E-state index contributed by atoms with van der Waals surface area (Å²) in [7, 11) is 0. The number of aliphatic hydroxyl groups excluding tert-OH is 2. The van der Waals surface area contributed by atoms with Gasteiger partial charge in [0.05, 0.1) is 25.4 Å². The minimum absolute atomic E-state index is 0.0246. The van der Waals surface area contributed by atoms with E-state index in [-0.39, 0.29) is 18.5 Å². The van der Waals surface area contributed by atoms with Crippen LogP contribution < -0.4 is 5.32 Å². The second-order valence-corrected chi connectivity index (χ2v) is 17.9. The number of carbonyl (C=O) groups excluding carboxylic acids is 2. The molecule has 3 N–H and O–H groups in total. The molecule has 0 bridgehead atoms. The van der Waals surface area contributed by atoms with Crippen molar-refractivity contribution < 1.29 is 24.5 Å². The number of amides is 1. The lowest BCUT2D eigenvalue weighted by molar-refractivity contribution is -0.143. The van der Waals surface area contributed by atoms with Crippen molar-refractivity contribution in [1.82, 2.24) is 5.32 Å². The van der Waals surface area contributed by atoms with Crippen LogP contribution >= 0.6 is 0 Å². The van der Waals surface area contributed by atoms with Crippen molar-refractivity contribution in [3.8, 4) is 0 Å². The number of unbranched alkanes of at least 4 members (excludes halogenated alkanes) is 37. The summed E-state index contributed by atoms with van der Waals surface area (Å²) in [5.74, 6) is -0.118. The number of hydrogen-bond donors (Lipinski definition) is 3. The first-order valence-corrected chi connectivity index (χ1v) is 26.0. The lowest BCUT2D eigenvalue weighted by Crippen LogP contribution is -2.45. The van der Waals surface area contributed by atoms with E-state index in [1.807, 2.05) is 6.08 Å². The highest BCUT2D eigenvalue weighted by molar-refractivity contribution is 5.76. The number of ether oxygens (including phenoxy) is 1. The van der Waals surface area contributed by atoms with Crippen LogP contribution in [0.5, 0.6) is 0 Å². The molecule has 2 unspecified atom stereocenters. The number of allylic oxidation sites excluding steroid dienone is 1. The van der Waals surface area contributed by atoms with Crippen LogP contribution in [0.25, 0.3) is 0 Å². The van der Waals surface area contributed by atoms with Gasteiger partial charge in [-0.15, -0.1) is 0 Å². The molecule has 0 heterocycles. The molecule has 0 rings (SSSR count). The molecular weight excluding hydrogens is 719 g/mol. The summed E-state index contributed by atoms with van der Waals surface area (Å²) in [4.78, 5) is 24.5. The van der Waals surface area contributed by atoms with E-state index in [1.165, 1.54) is 199 Å². The first-order chi connectivity index (χ1) is 28.5. The van der Waals surface area contributed by atoms with Crippen molar-refractivity contribution >= 4 is 11.9 Å². The van der Waals surface area contributed by atoms with Gasteiger partial charge in [0.15, 0.2) is 0 Å². The van der Waals surface area contributed by atoms with Crippen LogP contribution in [-0.2, 0) is 14.3 Å². The Morgan fingerprint density at radius 2 is 0.793 bits per heavy atom. The maximum atomic E-state index is 12.4. The SMILES string of the molecule is CCCCCCCCCCCCCCCCCC/C=C/C(O)C(CO)NC(=O)CCCCCCCCCCCOC(=O)CCCCCCCCCCCCCCCC. The zero-order valence-corrected chi connectivity index (χ0v) is 39.0. The van der Waals surface area contributed by atoms with Crippen LogP contribution in [0, 0.1) is 0 Å². The number of carbonyl (C=O) groups is 2. The van der Waals surface area contributed by atoms with E-state index in [2.05, 4.69) is 19.2 Å². The number of esters is 1. The van der Waals surface area contributed by atoms with Crippen molar-refractivity contribution in [2.24, 2.45) is 0 Å². The normalized spacial score (nSPS) is 12.7. The van der Waals surface area contributed by atoms with E-state index >= 15 is 0 Å². The summed E-state index contributed by atoms with van der Waals surface area (Å²) in [5, 5.41) is 23.1. The molecule has 0 aliphatic rings. The maximum absolute atomic E-state index is 12.4. The Bertz CT molecular complexity index is 863. The monoisotopic (exact) mass is 820 g/mol. The van der Waals surface area contributed by atoms with Crippen molar-refractivity contribution in [3.63, 3.8) is 0 Å². The molecule has 0 aliphatic carbocycles. The van der Waals surface area contributed by atoms with Crippen LogP contribution in [0.15, 0.2) is 12.2 Å². The molecule has 0 spiro atoms. The Morgan fingerprint density at radius 1 is 0.466 bits per heavy atom. The number of hydrogen-bond acceptors (Lipinski definition) is 5. The van der Waals surface area contributed by atoms with E-state index in [4.69, 9.17) is 4.74 Å². The topological polar surface area (TPSA) is 95.9 Å². The molecule has 0 aromatic rings. The van der Waals surface area contributed by atoms with Crippen LogP contribution in [0.2, 0.25) is 0 Å². The van der Waals surface area contributed by atoms with Gasteiger partial charge in [-0.1, -0.05) is 251 Å². The van der Waals surface area contributed by atoms with E-state index in [9.17, 15) is 19.8 Å². The van der Waals surface area contributed by atoms with Crippen LogP contribution in [0.3, 0.4) is 0 Å². The lowest BCUT2D eigenvalue weighted by atomic mass is 10.0. The quantitative estimate of drug-likeness (QED) is 0.0323. The van der Waals surface area contributed by atoms with Crippen LogP contribution in [-0.4, -0.2) is 47.4 Å². The molecule has 2 atom stereocenters. The molecule has 58 heavy (non-hydrogen) atoms. The van der Waals surface area contributed by atoms with Crippen molar-refractivity contribution in [1.29, 1.82) is 0 Å². The fourth-order valence-corrected chi connectivity index (χ4v) is 8.05. The highest BCUT2D eigenvalue weighted by atomic mass is 16.5. The first kappa shape index (κ1) is 56.6. The third-order valence-electron chi connectivity index (χ3n) is 12.1. The minimum atomic E-state index is -0.860. The van der Waals surface area contributed by atoms with Gasteiger partial charge >= 0.3 is 5.97 Å². The van der Waals surface area contributed by atoms with Gasteiger partial charge in [-0.05, 0) is 32.1 Å². The van der Waals surface area contributed by atoms with Gasteiger partial charge in [0.2, 0.25) is 5.91 Å². The fourth-order valence-electron chi connectivity index (χ4n) is 8.05. The molecule has 0 aromatic heterocycles. The molecule has 1 amide bonds. The summed E-state index contributed by atoms with van der Waals surface area (Å²) in [5.41, 5.74) is 0. The third-order valence-corrected chi connectivity index (χ3v) is 12.1. The predicted molar refractivity (Wildman–Crippen MR) is 250 cm³/mol. The summed E-state index contributed by atoms with van der Waals surface area (Å²) in [6.45, 7) is 4.85. The number of nitrogens with one attached hydrogen (secondary N) is 1. The lowest BCUT2D eigenvalue weighted by Gasteiger charge is -2.20. The predicted octanol–water partition coefficient (Wildman–Crippen LogP) is 15.3. The highest BCUT2D eigenvalue weighted by Crippen LogP contribution is 2.16. The average molecular weight is 820 g/mol. The summed E-state index contributed by atoms with van der Waals surface area (Å²) < 4.78 is 5.45. The molecule has 0 aliphatic heterocycles. The number of aliphatic hydroxyl groups is 2. The van der Waals surface area contributed by atoms with E-state index in [0.717, 1.165) is 57.8 Å². The van der Waals surface area contributed by atoms with Gasteiger partial charge in [0, 0.05) is 12.8 Å². The Kier molecular flexibility index (Phi) is 47.1. The Balaban J connectivity index is 3.52. The smallest absolute Gasteiger partial charge is 0.305 e. The van der Waals surface area contributed by atoms with Gasteiger partial charge in [0.25, 0.3) is 0 Å². The van der Waals surface area contributed by atoms with Crippen LogP contribution in [0.4, 0.5) is 0 Å². The zero-order chi connectivity index (χ0) is 42.3. The maximum Gasteiger partial charge on any atom is 0.305 e. The summed E-state index contributed by atoms with van der Waals surface area (Å²) in [6.07, 6.45) is 54.9. The van der Waals surface area contributed by atoms with Crippen molar-refractivity contribution in [2.75, 3.05) is 13.2 Å². The summed E-state index contributed by atoms with van der Waals surface area (Å²) in [6, 6.07) is -0.646. The minimum Gasteiger partial charge on any atom is -0.466 e. The van der Waals surface area contributed by atoms with Gasteiger partial charge in [0.1, 0.15) is 0 Å². The van der Waals surface area contributed by atoms with Gasteiger partial charge < -0.3 is 20.3 Å². The van der Waals surface area contributed by atoms with E-state index in [1.54, 1.807) is 6.08 Å². The molecule has 0 saturated heterocycles. The van der Waals surface area contributed by atoms with E-state index < -0.39 is 12.1 Å². The van der Waals surface area contributed by atoms with E-state index in [0.29, 0.717) is 19.4 Å². The molecule has 344 valence electrons. The second kappa shape index (κ2) is 48.3. The Labute approximate surface area is 361 Å². The standard InChI is InChI=1S/C52H101NO5/c1-3-5-7-9-11-13-15-17-19-20-21-22-23-25-28-32-36-40-44-50(55)49(48-54)53-51(56)45-41-37-33-29-27-31-35-39-43-47-58-52(57)46-42-38-34-30-26-24-18-16-14-12-10-8-6-4-2/h40,44,49-50,54-55H,3-39,41-43,45-48H2,1-2H3,(H,53,56)/b44-40+. The Morgan fingerprint density at radius 3 is 1.17 bits per heavy atom. The highest BCUT2D eigenvalue weighted by Gasteiger charge is 2.18. The fraction of sp³-hybridized carbons (Fsp3) is 0.923. The molecular formula is C52H101NO5. The second-order valence-electron chi connectivity index (χ2n) is 17.9. The third kappa shape index (κ3) is 44.2. The molecule has 6 heteroatoms. The van der Waals surface area contributed by atoms with Crippen molar-refractivity contribution in [2.45, 2.75) is 296 Å². The number of rotatable bonds is 48. The average Bonchev–Trinajstić information content (AvgIpc) is 3.22.